The Morgan fingerprint density at radius 1 is 1.23 bits per heavy atom. The third-order valence-corrected chi connectivity index (χ3v) is 7.22. The molecule has 9 heteroatoms. The van der Waals surface area contributed by atoms with E-state index in [4.69, 9.17) is 16.3 Å². The Hall–Kier alpha value is -3.36. The quantitative estimate of drug-likeness (QED) is 0.549. The monoisotopic (exact) mass is 511 g/mol. The Morgan fingerprint density at radius 2 is 1.91 bits per heavy atom. The van der Waals surface area contributed by atoms with E-state index in [0.717, 1.165) is 5.56 Å². The molecule has 1 atom stereocenters. The van der Waals surface area contributed by atoms with Crippen LogP contribution >= 0.6 is 22.9 Å². The number of halogens is 1. The van der Waals surface area contributed by atoms with E-state index in [1.54, 1.807) is 46.7 Å². The molecule has 1 N–H and O–H groups in total. The molecule has 7 nitrogen and oxygen atoms in total. The SMILES string of the molecule is CCN(CC)C(=O)C1=C(C)N=c2s/c(=C/c3ccc(OC)c(O)c3)c(=O)n2[C@@H]1c1ccc(Cl)cc1. The summed E-state index contributed by atoms with van der Waals surface area (Å²) in [5.41, 5.74) is 2.20. The van der Waals surface area contributed by atoms with Gasteiger partial charge < -0.3 is 14.7 Å². The molecule has 3 aromatic rings. The second kappa shape index (κ2) is 10.1. The van der Waals surface area contributed by atoms with Crippen LogP contribution in [0.1, 0.15) is 37.9 Å². The lowest BCUT2D eigenvalue weighted by Crippen LogP contribution is -2.43. The number of aromatic nitrogens is 1. The molecule has 0 bridgehead atoms. The predicted octanol–water partition coefficient (Wildman–Crippen LogP) is 3.47. The molecule has 182 valence electrons. The first-order valence-electron chi connectivity index (χ1n) is 11.2. The van der Waals surface area contributed by atoms with Gasteiger partial charge in [-0.05, 0) is 62.2 Å². The number of phenols is 1. The molecule has 2 aromatic carbocycles. The van der Waals surface area contributed by atoms with Crippen molar-refractivity contribution >= 4 is 34.9 Å². The fourth-order valence-corrected chi connectivity index (χ4v) is 5.36. The molecule has 1 amide bonds. The smallest absolute Gasteiger partial charge is 0.271 e. The van der Waals surface area contributed by atoms with Crippen LogP contribution in [0.4, 0.5) is 0 Å². The minimum Gasteiger partial charge on any atom is -0.504 e. The van der Waals surface area contributed by atoms with Gasteiger partial charge in [-0.2, -0.15) is 0 Å². The largest absolute Gasteiger partial charge is 0.504 e. The lowest BCUT2D eigenvalue weighted by molar-refractivity contribution is -0.127. The first kappa shape index (κ1) is 24.8. The van der Waals surface area contributed by atoms with Crippen molar-refractivity contribution in [3.63, 3.8) is 0 Å². The van der Waals surface area contributed by atoms with E-state index in [1.807, 2.05) is 26.0 Å². The number of carbonyl (C=O) groups is 1. The number of allylic oxidation sites excluding steroid dienone is 1. The highest BCUT2D eigenvalue weighted by atomic mass is 35.5. The van der Waals surface area contributed by atoms with Gasteiger partial charge in [-0.3, -0.25) is 14.2 Å². The Morgan fingerprint density at radius 3 is 2.51 bits per heavy atom. The number of methoxy groups -OCH3 is 1. The van der Waals surface area contributed by atoms with Gasteiger partial charge in [0, 0.05) is 18.1 Å². The number of fused-ring (bicyclic) bond motifs is 1. The molecule has 1 aliphatic rings. The Bertz CT molecular complexity index is 1480. The number of hydrogen-bond acceptors (Lipinski definition) is 6. The normalized spacial score (nSPS) is 15.6. The van der Waals surface area contributed by atoms with Crippen LogP contribution in [-0.4, -0.2) is 40.7 Å². The number of phenolic OH excluding ortho intramolecular Hbond substituents is 1. The summed E-state index contributed by atoms with van der Waals surface area (Å²) in [4.78, 5) is 34.1. The van der Waals surface area contributed by atoms with E-state index >= 15 is 0 Å². The van der Waals surface area contributed by atoms with Gasteiger partial charge in [0.25, 0.3) is 11.5 Å². The van der Waals surface area contributed by atoms with Crippen LogP contribution in [0.15, 0.2) is 63.5 Å². The van der Waals surface area contributed by atoms with E-state index in [1.165, 1.54) is 24.5 Å². The van der Waals surface area contributed by atoms with Crippen molar-refractivity contribution < 1.29 is 14.6 Å². The summed E-state index contributed by atoms with van der Waals surface area (Å²) < 4.78 is 7.12. The Labute approximate surface area is 211 Å². The Kier molecular flexibility index (Phi) is 7.14. The van der Waals surface area contributed by atoms with Crippen molar-refractivity contribution in [3.05, 3.63) is 89.6 Å². The summed E-state index contributed by atoms with van der Waals surface area (Å²) in [5.74, 6) is 0.183. The number of thiazole rings is 1. The lowest BCUT2D eigenvalue weighted by atomic mass is 9.94. The third-order valence-electron chi connectivity index (χ3n) is 5.99. The highest BCUT2D eigenvalue weighted by molar-refractivity contribution is 7.07. The molecule has 0 aliphatic carbocycles. The summed E-state index contributed by atoms with van der Waals surface area (Å²) in [5, 5.41) is 10.7. The number of ether oxygens (including phenoxy) is 1. The van der Waals surface area contributed by atoms with Crippen LogP contribution in [0.25, 0.3) is 6.08 Å². The number of carbonyl (C=O) groups excluding carboxylic acids is 1. The number of hydrogen-bond donors (Lipinski definition) is 1. The molecule has 0 radical (unpaired) electrons. The number of amides is 1. The molecule has 0 saturated carbocycles. The van der Waals surface area contributed by atoms with Gasteiger partial charge in [0.05, 0.1) is 29.0 Å². The number of rotatable bonds is 6. The van der Waals surface area contributed by atoms with Crippen molar-refractivity contribution in [1.82, 2.24) is 9.47 Å². The van der Waals surface area contributed by atoms with Crippen molar-refractivity contribution in [2.24, 2.45) is 4.99 Å². The Balaban J connectivity index is 1.93. The topological polar surface area (TPSA) is 84.1 Å². The van der Waals surface area contributed by atoms with Crippen LogP contribution in [0.5, 0.6) is 11.5 Å². The van der Waals surface area contributed by atoms with E-state index in [9.17, 15) is 14.7 Å². The summed E-state index contributed by atoms with van der Waals surface area (Å²) >= 11 is 7.37. The molecule has 4 rings (SSSR count). The second-order valence-corrected chi connectivity index (χ2v) is 9.49. The summed E-state index contributed by atoms with van der Waals surface area (Å²) in [6.45, 7) is 6.75. The first-order chi connectivity index (χ1) is 16.8. The van der Waals surface area contributed by atoms with Crippen LogP contribution in [-0.2, 0) is 4.79 Å². The highest BCUT2D eigenvalue weighted by Gasteiger charge is 2.34. The van der Waals surface area contributed by atoms with Crippen LogP contribution in [0, 0.1) is 0 Å². The molecular weight excluding hydrogens is 486 g/mol. The standard InChI is InChI=1S/C26H26ClN3O4S/c1-5-29(6-2)25(33)22-15(3)28-26-30(23(22)17-8-10-18(27)11-9-17)24(32)21(35-26)14-16-7-12-20(34-4)19(31)13-16/h7-14,23,31H,5-6H2,1-4H3/b21-14+/t23-/m1/s1. The second-order valence-electron chi connectivity index (χ2n) is 8.04. The summed E-state index contributed by atoms with van der Waals surface area (Å²) in [7, 11) is 1.48. The van der Waals surface area contributed by atoms with Gasteiger partial charge in [0.2, 0.25) is 0 Å². The van der Waals surface area contributed by atoms with Gasteiger partial charge >= 0.3 is 0 Å². The van der Waals surface area contributed by atoms with Crippen LogP contribution < -0.4 is 19.6 Å². The van der Waals surface area contributed by atoms with E-state index in [0.29, 0.717) is 50.0 Å². The molecule has 35 heavy (non-hydrogen) atoms. The third kappa shape index (κ3) is 4.63. The molecule has 1 aliphatic heterocycles. The molecule has 0 spiro atoms. The summed E-state index contributed by atoms with van der Waals surface area (Å²) in [6, 6.07) is 11.5. The van der Waals surface area contributed by atoms with E-state index in [2.05, 4.69) is 4.99 Å². The zero-order valence-corrected chi connectivity index (χ0v) is 21.5. The maximum absolute atomic E-state index is 13.7. The fraction of sp³-hybridized carbons (Fsp3) is 0.269. The average Bonchev–Trinajstić information content (AvgIpc) is 3.14. The van der Waals surface area contributed by atoms with Gasteiger partial charge in [0.1, 0.15) is 0 Å². The number of likely N-dealkylation sites (N-methyl/N-ethyl adjacent to an activating group) is 1. The minimum absolute atomic E-state index is 0.0176. The zero-order chi connectivity index (χ0) is 25.3. The molecule has 0 saturated heterocycles. The molecule has 1 aromatic heterocycles. The van der Waals surface area contributed by atoms with Gasteiger partial charge in [-0.1, -0.05) is 41.1 Å². The van der Waals surface area contributed by atoms with Gasteiger partial charge in [-0.25, -0.2) is 4.99 Å². The van der Waals surface area contributed by atoms with Crippen molar-refractivity contribution in [2.45, 2.75) is 26.8 Å². The van der Waals surface area contributed by atoms with Crippen molar-refractivity contribution in [2.75, 3.05) is 20.2 Å². The number of benzene rings is 2. The molecule has 2 heterocycles. The fourth-order valence-electron chi connectivity index (χ4n) is 4.18. The van der Waals surface area contributed by atoms with E-state index in [-0.39, 0.29) is 17.2 Å². The summed E-state index contributed by atoms with van der Waals surface area (Å²) in [6.07, 6.45) is 1.70. The average molecular weight is 512 g/mol. The van der Waals surface area contributed by atoms with Crippen molar-refractivity contribution in [1.29, 1.82) is 0 Å². The lowest BCUT2D eigenvalue weighted by Gasteiger charge is -2.29. The van der Waals surface area contributed by atoms with Crippen molar-refractivity contribution in [3.8, 4) is 11.5 Å². The molecular formula is C26H26ClN3O4S. The van der Waals surface area contributed by atoms with Gasteiger partial charge in [-0.15, -0.1) is 0 Å². The van der Waals surface area contributed by atoms with Crippen LogP contribution in [0.3, 0.4) is 0 Å². The van der Waals surface area contributed by atoms with Gasteiger partial charge in [0.15, 0.2) is 16.3 Å². The molecule has 0 unspecified atom stereocenters. The maximum atomic E-state index is 13.7. The zero-order valence-electron chi connectivity index (χ0n) is 19.9. The number of aromatic hydroxyl groups is 1. The van der Waals surface area contributed by atoms with E-state index < -0.39 is 6.04 Å². The maximum Gasteiger partial charge on any atom is 0.271 e. The predicted molar refractivity (Wildman–Crippen MR) is 138 cm³/mol. The van der Waals surface area contributed by atoms with Crippen LogP contribution in [0.2, 0.25) is 5.02 Å². The number of nitrogens with zero attached hydrogens (tertiary/aromatic N) is 3. The molecule has 0 fully saturated rings. The minimum atomic E-state index is -0.636. The highest BCUT2D eigenvalue weighted by Crippen LogP contribution is 2.32. The first-order valence-corrected chi connectivity index (χ1v) is 12.4.